The van der Waals surface area contributed by atoms with Crippen molar-refractivity contribution in [2.45, 2.75) is 19.4 Å². The lowest BCUT2D eigenvalue weighted by molar-refractivity contribution is 0.282. The van der Waals surface area contributed by atoms with Gasteiger partial charge in [-0.1, -0.05) is 24.3 Å². The Bertz CT molecular complexity index is 617. The molecule has 0 bridgehead atoms. The van der Waals surface area contributed by atoms with Crippen LogP contribution in [0.5, 0.6) is 11.5 Å². The first kappa shape index (κ1) is 12.1. The number of aryl methyl sites for hydroxylation is 1. The van der Waals surface area contributed by atoms with E-state index >= 15 is 0 Å². The molecule has 1 heterocycles. The molecule has 0 saturated carbocycles. The zero-order valence-electron chi connectivity index (χ0n) is 11.3. The van der Waals surface area contributed by atoms with Crippen molar-refractivity contribution in [3.05, 3.63) is 54.4 Å². The molecule has 0 aromatic heterocycles. The van der Waals surface area contributed by atoms with Crippen LogP contribution in [-0.4, -0.2) is 13.2 Å². The van der Waals surface area contributed by atoms with Crippen LogP contribution in [0.15, 0.2) is 36.4 Å². The van der Waals surface area contributed by atoms with Crippen molar-refractivity contribution in [3.8, 4) is 22.6 Å². The van der Waals surface area contributed by atoms with E-state index in [1.807, 2.05) is 18.2 Å². The van der Waals surface area contributed by atoms with Gasteiger partial charge in [-0.3, -0.25) is 0 Å². The maximum absolute atomic E-state index is 5.88. The third-order valence-corrected chi connectivity index (χ3v) is 3.44. The summed E-state index contributed by atoms with van der Waals surface area (Å²) >= 11 is 0. The van der Waals surface area contributed by atoms with Gasteiger partial charge >= 0.3 is 0 Å². The van der Waals surface area contributed by atoms with E-state index in [2.05, 4.69) is 32.0 Å². The molecule has 19 heavy (non-hydrogen) atoms. The molecule has 2 aromatic rings. The van der Waals surface area contributed by atoms with E-state index in [9.17, 15) is 0 Å². The van der Waals surface area contributed by atoms with Crippen molar-refractivity contribution in [2.24, 2.45) is 0 Å². The molecule has 0 spiro atoms. The van der Waals surface area contributed by atoms with Gasteiger partial charge in [-0.2, -0.15) is 0 Å². The summed E-state index contributed by atoms with van der Waals surface area (Å²) in [7, 11) is 1.69. The standard InChI is InChI=1S/C17H17O2/c1-11-8-13-10-12(2)19-17(13)15(9-11)14-6-4-5-7-16(14)18-3/h4-9,12H,2,10H2,1,3H3. The van der Waals surface area contributed by atoms with Crippen molar-refractivity contribution in [3.63, 3.8) is 0 Å². The van der Waals surface area contributed by atoms with Gasteiger partial charge in [-0.25, -0.2) is 0 Å². The molecular formula is C17H17O2. The van der Waals surface area contributed by atoms with E-state index in [0.29, 0.717) is 0 Å². The number of fused-ring (bicyclic) bond motifs is 1. The number of hydrogen-bond donors (Lipinski definition) is 0. The fourth-order valence-electron chi connectivity index (χ4n) is 2.66. The highest BCUT2D eigenvalue weighted by molar-refractivity contribution is 5.78. The van der Waals surface area contributed by atoms with Crippen molar-refractivity contribution < 1.29 is 9.47 Å². The molecule has 97 valence electrons. The smallest absolute Gasteiger partial charge is 0.131 e. The summed E-state index contributed by atoms with van der Waals surface area (Å²) in [6.45, 7) is 6.11. The van der Waals surface area contributed by atoms with Gasteiger partial charge in [0.1, 0.15) is 17.6 Å². The molecule has 1 aliphatic heterocycles. The van der Waals surface area contributed by atoms with Crippen LogP contribution in [0.25, 0.3) is 11.1 Å². The van der Waals surface area contributed by atoms with Crippen LogP contribution in [0.4, 0.5) is 0 Å². The van der Waals surface area contributed by atoms with Crippen LogP contribution < -0.4 is 9.47 Å². The molecule has 1 unspecified atom stereocenters. The lowest BCUT2D eigenvalue weighted by Gasteiger charge is -2.13. The first-order valence-electron chi connectivity index (χ1n) is 6.45. The quantitative estimate of drug-likeness (QED) is 0.810. The minimum absolute atomic E-state index is 0.00487. The van der Waals surface area contributed by atoms with E-state index in [0.717, 1.165) is 29.0 Å². The molecule has 2 nitrogen and oxygen atoms in total. The maximum atomic E-state index is 5.88. The molecule has 0 fully saturated rings. The average molecular weight is 253 g/mol. The zero-order chi connectivity index (χ0) is 13.4. The molecular weight excluding hydrogens is 236 g/mol. The SMILES string of the molecule is [CH2]C1Cc2cc(C)cc(-c3ccccc3OC)c2O1. The predicted octanol–water partition coefficient (Wildman–Crippen LogP) is 3.81. The molecule has 2 heteroatoms. The fraction of sp³-hybridized carbons (Fsp3) is 0.235. The third kappa shape index (κ3) is 2.07. The number of methoxy groups -OCH3 is 1. The summed E-state index contributed by atoms with van der Waals surface area (Å²) < 4.78 is 11.3. The zero-order valence-corrected chi connectivity index (χ0v) is 11.3. The van der Waals surface area contributed by atoms with Gasteiger partial charge in [0.25, 0.3) is 0 Å². The summed E-state index contributed by atoms with van der Waals surface area (Å²) in [5.74, 6) is 1.82. The Morgan fingerprint density at radius 1 is 1.21 bits per heavy atom. The molecule has 1 radical (unpaired) electrons. The Labute approximate surface area is 114 Å². The summed E-state index contributed by atoms with van der Waals surface area (Å²) in [5.41, 5.74) is 4.64. The molecule has 3 rings (SSSR count). The van der Waals surface area contributed by atoms with Crippen LogP contribution in [0, 0.1) is 13.8 Å². The summed E-state index contributed by atoms with van der Waals surface area (Å²) in [6, 6.07) is 12.4. The van der Waals surface area contributed by atoms with E-state index in [-0.39, 0.29) is 6.10 Å². The molecule has 1 atom stereocenters. The highest BCUT2D eigenvalue weighted by atomic mass is 16.5. The number of para-hydroxylation sites is 1. The highest BCUT2D eigenvalue weighted by Crippen LogP contribution is 2.42. The minimum Gasteiger partial charge on any atom is -0.496 e. The van der Waals surface area contributed by atoms with Gasteiger partial charge in [0, 0.05) is 17.5 Å². The first-order chi connectivity index (χ1) is 9.19. The van der Waals surface area contributed by atoms with Gasteiger partial charge in [-0.05, 0) is 37.1 Å². The summed E-state index contributed by atoms with van der Waals surface area (Å²) in [4.78, 5) is 0. The second-order valence-corrected chi connectivity index (χ2v) is 4.94. The Hall–Kier alpha value is -1.96. The van der Waals surface area contributed by atoms with Crippen LogP contribution in [0.2, 0.25) is 0 Å². The fourth-order valence-corrected chi connectivity index (χ4v) is 2.66. The number of ether oxygens (including phenoxy) is 2. The lowest BCUT2D eigenvalue weighted by atomic mass is 9.97. The van der Waals surface area contributed by atoms with Crippen LogP contribution in [0.3, 0.4) is 0 Å². The molecule has 0 amide bonds. The second-order valence-electron chi connectivity index (χ2n) is 4.94. The van der Waals surface area contributed by atoms with Gasteiger partial charge in [0.2, 0.25) is 0 Å². The van der Waals surface area contributed by atoms with E-state index in [1.54, 1.807) is 7.11 Å². The third-order valence-electron chi connectivity index (χ3n) is 3.44. The van der Waals surface area contributed by atoms with Crippen molar-refractivity contribution in [1.29, 1.82) is 0 Å². The van der Waals surface area contributed by atoms with E-state index < -0.39 is 0 Å². The summed E-state index contributed by atoms with van der Waals surface area (Å²) in [6.07, 6.45) is 0.879. The molecule has 0 N–H and O–H groups in total. The highest BCUT2D eigenvalue weighted by Gasteiger charge is 2.24. The van der Waals surface area contributed by atoms with Gasteiger partial charge in [-0.15, -0.1) is 0 Å². The topological polar surface area (TPSA) is 18.5 Å². The Morgan fingerprint density at radius 2 is 2.00 bits per heavy atom. The molecule has 2 aromatic carbocycles. The molecule has 1 aliphatic rings. The number of hydrogen-bond acceptors (Lipinski definition) is 2. The van der Waals surface area contributed by atoms with Crippen LogP contribution in [0.1, 0.15) is 11.1 Å². The number of benzene rings is 2. The average Bonchev–Trinajstić information content (AvgIpc) is 2.77. The Morgan fingerprint density at radius 3 is 2.79 bits per heavy atom. The normalized spacial score (nSPS) is 16.9. The van der Waals surface area contributed by atoms with Gasteiger partial charge < -0.3 is 9.47 Å². The Balaban J connectivity index is 2.21. The van der Waals surface area contributed by atoms with Crippen molar-refractivity contribution in [2.75, 3.05) is 7.11 Å². The monoisotopic (exact) mass is 253 g/mol. The van der Waals surface area contributed by atoms with Crippen LogP contribution >= 0.6 is 0 Å². The number of rotatable bonds is 2. The molecule has 0 saturated heterocycles. The van der Waals surface area contributed by atoms with Crippen LogP contribution in [-0.2, 0) is 6.42 Å². The summed E-state index contributed by atoms with van der Waals surface area (Å²) in [5, 5.41) is 0. The van der Waals surface area contributed by atoms with Crippen molar-refractivity contribution >= 4 is 0 Å². The maximum Gasteiger partial charge on any atom is 0.131 e. The predicted molar refractivity (Wildman–Crippen MR) is 76.6 cm³/mol. The largest absolute Gasteiger partial charge is 0.496 e. The Kier molecular flexibility index (Phi) is 2.94. The molecule has 0 aliphatic carbocycles. The minimum atomic E-state index is 0.00487. The van der Waals surface area contributed by atoms with Crippen molar-refractivity contribution in [1.82, 2.24) is 0 Å². The van der Waals surface area contributed by atoms with Gasteiger partial charge in [0.05, 0.1) is 7.11 Å². The lowest BCUT2D eigenvalue weighted by Crippen LogP contribution is -2.06. The van der Waals surface area contributed by atoms with Gasteiger partial charge in [0.15, 0.2) is 0 Å². The van der Waals surface area contributed by atoms with E-state index in [4.69, 9.17) is 9.47 Å². The van der Waals surface area contributed by atoms with E-state index in [1.165, 1.54) is 11.1 Å². The first-order valence-corrected chi connectivity index (χ1v) is 6.45. The second kappa shape index (κ2) is 4.61.